The smallest absolute Gasteiger partial charge is 0.162 e. The van der Waals surface area contributed by atoms with Crippen LogP contribution in [-0.4, -0.2) is 45.7 Å². The van der Waals surface area contributed by atoms with Gasteiger partial charge in [0.2, 0.25) is 0 Å². The molecule has 1 aromatic carbocycles. The third kappa shape index (κ3) is 3.61. The molecule has 0 saturated carbocycles. The fourth-order valence-corrected chi connectivity index (χ4v) is 2.24. The standard InChI is InChI=1S/C13H18BrN5/c1-10-8-11(4-5-12(10)14)13(6-7-18(2)3)19-16-9-15-17-19/h4-5,8-9,13H,6-7H2,1-3H3. The van der Waals surface area contributed by atoms with Crippen molar-refractivity contribution >= 4 is 15.9 Å². The Morgan fingerprint density at radius 2 is 2.16 bits per heavy atom. The summed E-state index contributed by atoms with van der Waals surface area (Å²) in [7, 11) is 4.14. The van der Waals surface area contributed by atoms with Crippen LogP contribution in [0.1, 0.15) is 23.6 Å². The molecule has 0 amide bonds. The zero-order chi connectivity index (χ0) is 13.8. The zero-order valence-corrected chi connectivity index (χ0v) is 13.0. The summed E-state index contributed by atoms with van der Waals surface area (Å²) >= 11 is 3.53. The van der Waals surface area contributed by atoms with Crippen LogP contribution in [0, 0.1) is 6.92 Å². The Balaban J connectivity index is 2.28. The SMILES string of the molecule is Cc1cc(C(CCN(C)C)n2ncnn2)ccc1Br. The van der Waals surface area contributed by atoms with Crippen LogP contribution in [0.5, 0.6) is 0 Å². The molecule has 6 heteroatoms. The molecule has 0 aliphatic heterocycles. The lowest BCUT2D eigenvalue weighted by molar-refractivity contribution is 0.339. The van der Waals surface area contributed by atoms with E-state index in [4.69, 9.17) is 0 Å². The van der Waals surface area contributed by atoms with Crippen LogP contribution in [0.3, 0.4) is 0 Å². The Labute approximate surface area is 121 Å². The number of aromatic nitrogens is 4. The van der Waals surface area contributed by atoms with Gasteiger partial charge in [-0.1, -0.05) is 28.1 Å². The van der Waals surface area contributed by atoms with Gasteiger partial charge in [-0.3, -0.25) is 0 Å². The van der Waals surface area contributed by atoms with Crippen LogP contribution >= 0.6 is 15.9 Å². The predicted octanol–water partition coefficient (Wildman–Crippen LogP) is 2.29. The van der Waals surface area contributed by atoms with Gasteiger partial charge in [0.1, 0.15) is 0 Å². The quantitative estimate of drug-likeness (QED) is 0.847. The molecule has 102 valence electrons. The van der Waals surface area contributed by atoms with Gasteiger partial charge in [0.15, 0.2) is 6.33 Å². The average Bonchev–Trinajstić information content (AvgIpc) is 2.87. The maximum Gasteiger partial charge on any atom is 0.162 e. The molecule has 0 saturated heterocycles. The lowest BCUT2D eigenvalue weighted by atomic mass is 10.0. The Kier molecular flexibility index (Phi) is 4.66. The molecule has 5 nitrogen and oxygen atoms in total. The van der Waals surface area contributed by atoms with Crippen molar-refractivity contribution in [3.8, 4) is 0 Å². The Hall–Kier alpha value is -1.27. The average molecular weight is 324 g/mol. The summed E-state index contributed by atoms with van der Waals surface area (Å²) in [6.45, 7) is 3.06. The van der Waals surface area contributed by atoms with E-state index in [1.807, 2.05) is 0 Å². The van der Waals surface area contributed by atoms with Gasteiger partial charge in [0, 0.05) is 4.47 Å². The van der Waals surface area contributed by atoms with Gasteiger partial charge in [0.05, 0.1) is 6.04 Å². The summed E-state index contributed by atoms with van der Waals surface area (Å²) in [6.07, 6.45) is 2.43. The number of rotatable bonds is 5. The first kappa shape index (κ1) is 14.1. The van der Waals surface area contributed by atoms with Crippen LogP contribution in [0.2, 0.25) is 0 Å². The number of tetrazole rings is 1. The largest absolute Gasteiger partial charge is 0.309 e. The first-order valence-corrected chi connectivity index (χ1v) is 7.00. The van der Waals surface area contributed by atoms with E-state index in [1.165, 1.54) is 17.5 Å². The second-order valence-corrected chi connectivity index (χ2v) is 5.73. The molecule has 1 aromatic heterocycles. The summed E-state index contributed by atoms with van der Waals surface area (Å²) in [5.74, 6) is 0. The molecule has 2 aromatic rings. The lowest BCUT2D eigenvalue weighted by Gasteiger charge is -2.19. The number of nitrogens with zero attached hydrogens (tertiary/aromatic N) is 5. The fraction of sp³-hybridized carbons (Fsp3) is 0.462. The van der Waals surface area contributed by atoms with Crippen LogP contribution in [0.15, 0.2) is 29.0 Å². The van der Waals surface area contributed by atoms with Crippen LogP contribution in [0.4, 0.5) is 0 Å². The highest BCUT2D eigenvalue weighted by Crippen LogP contribution is 2.25. The van der Waals surface area contributed by atoms with Gasteiger partial charge in [-0.25, -0.2) is 0 Å². The van der Waals surface area contributed by atoms with Gasteiger partial charge < -0.3 is 4.90 Å². The predicted molar refractivity (Wildman–Crippen MR) is 78.0 cm³/mol. The van der Waals surface area contributed by atoms with E-state index in [9.17, 15) is 0 Å². The Bertz CT molecular complexity index is 524. The molecule has 2 rings (SSSR count). The third-order valence-corrected chi connectivity index (χ3v) is 3.95. The molecule has 0 aliphatic carbocycles. The van der Waals surface area contributed by atoms with Gasteiger partial charge in [-0.2, -0.15) is 4.80 Å². The van der Waals surface area contributed by atoms with E-state index < -0.39 is 0 Å². The maximum absolute atomic E-state index is 4.19. The van der Waals surface area contributed by atoms with Gasteiger partial charge in [0.25, 0.3) is 0 Å². The summed E-state index contributed by atoms with van der Waals surface area (Å²) in [6, 6.07) is 6.48. The van der Waals surface area contributed by atoms with E-state index in [1.54, 1.807) is 4.80 Å². The minimum atomic E-state index is 0.122. The number of benzene rings is 1. The summed E-state index contributed by atoms with van der Waals surface area (Å²) in [5, 5.41) is 12.1. The zero-order valence-electron chi connectivity index (χ0n) is 11.4. The van der Waals surface area contributed by atoms with Crippen molar-refractivity contribution in [2.45, 2.75) is 19.4 Å². The van der Waals surface area contributed by atoms with E-state index in [0.717, 1.165) is 17.4 Å². The monoisotopic (exact) mass is 323 g/mol. The maximum atomic E-state index is 4.19. The van der Waals surface area contributed by atoms with E-state index in [-0.39, 0.29) is 6.04 Å². The van der Waals surface area contributed by atoms with Crippen molar-refractivity contribution < 1.29 is 0 Å². The highest BCUT2D eigenvalue weighted by Gasteiger charge is 2.16. The second-order valence-electron chi connectivity index (χ2n) is 4.87. The summed E-state index contributed by atoms with van der Waals surface area (Å²) < 4.78 is 1.12. The number of halogens is 1. The van der Waals surface area contributed by atoms with Crippen LogP contribution in [0.25, 0.3) is 0 Å². The molecular weight excluding hydrogens is 306 g/mol. The molecule has 0 spiro atoms. The van der Waals surface area contributed by atoms with Crippen molar-refractivity contribution in [2.24, 2.45) is 0 Å². The molecule has 1 atom stereocenters. The lowest BCUT2D eigenvalue weighted by Crippen LogP contribution is -2.21. The molecule has 0 bridgehead atoms. The number of hydrogen-bond acceptors (Lipinski definition) is 4. The van der Waals surface area contributed by atoms with Crippen molar-refractivity contribution in [3.05, 3.63) is 40.1 Å². The fourth-order valence-electron chi connectivity index (χ4n) is 1.99. The summed E-state index contributed by atoms with van der Waals surface area (Å²) in [5.41, 5.74) is 2.42. The van der Waals surface area contributed by atoms with E-state index >= 15 is 0 Å². The molecule has 0 aliphatic rings. The molecule has 1 unspecified atom stereocenters. The van der Waals surface area contributed by atoms with Gasteiger partial charge in [-0.15, -0.1) is 10.2 Å². The minimum Gasteiger partial charge on any atom is -0.309 e. The first-order valence-electron chi connectivity index (χ1n) is 6.21. The number of aryl methyl sites for hydroxylation is 1. The molecular formula is C13H18BrN5. The summed E-state index contributed by atoms with van der Waals surface area (Å²) in [4.78, 5) is 3.85. The topological polar surface area (TPSA) is 46.8 Å². The van der Waals surface area contributed by atoms with Gasteiger partial charge >= 0.3 is 0 Å². The Morgan fingerprint density at radius 3 is 2.74 bits per heavy atom. The number of hydrogen-bond donors (Lipinski definition) is 0. The molecule has 1 heterocycles. The van der Waals surface area contributed by atoms with Crippen LogP contribution in [-0.2, 0) is 0 Å². The highest BCUT2D eigenvalue weighted by molar-refractivity contribution is 9.10. The molecule has 0 radical (unpaired) electrons. The Morgan fingerprint density at radius 1 is 1.37 bits per heavy atom. The molecule has 19 heavy (non-hydrogen) atoms. The van der Waals surface area contributed by atoms with Crippen molar-refractivity contribution in [2.75, 3.05) is 20.6 Å². The van der Waals surface area contributed by atoms with Crippen molar-refractivity contribution in [3.63, 3.8) is 0 Å². The molecule has 0 fully saturated rings. The van der Waals surface area contributed by atoms with E-state index in [2.05, 4.69) is 75.5 Å². The van der Waals surface area contributed by atoms with Crippen molar-refractivity contribution in [1.82, 2.24) is 25.1 Å². The minimum absolute atomic E-state index is 0.122. The third-order valence-electron chi connectivity index (χ3n) is 3.06. The van der Waals surface area contributed by atoms with E-state index in [0.29, 0.717) is 0 Å². The van der Waals surface area contributed by atoms with Crippen LogP contribution < -0.4 is 0 Å². The van der Waals surface area contributed by atoms with Gasteiger partial charge in [-0.05, 0) is 56.4 Å². The second kappa shape index (κ2) is 6.25. The highest BCUT2D eigenvalue weighted by atomic mass is 79.9. The normalized spacial score (nSPS) is 12.9. The first-order chi connectivity index (χ1) is 9.08. The molecule has 0 N–H and O–H groups in total. The van der Waals surface area contributed by atoms with Crippen molar-refractivity contribution in [1.29, 1.82) is 0 Å².